The average Bonchev–Trinajstić information content (AvgIpc) is 2.58. The number of carboxylic acids is 1. The number of hydrogen-bond donors (Lipinski definition) is 2. The van der Waals surface area contributed by atoms with E-state index in [-0.39, 0.29) is 11.8 Å². The van der Waals surface area contributed by atoms with Gasteiger partial charge < -0.3 is 15.2 Å². The summed E-state index contributed by atoms with van der Waals surface area (Å²) in [4.78, 5) is 23.8. The number of ether oxygens (including phenoxy) is 1. The van der Waals surface area contributed by atoms with Crippen molar-refractivity contribution in [3.05, 3.63) is 66.4 Å². The predicted octanol–water partition coefficient (Wildman–Crippen LogP) is 4.54. The van der Waals surface area contributed by atoms with Crippen molar-refractivity contribution < 1.29 is 19.4 Å². The van der Waals surface area contributed by atoms with Crippen molar-refractivity contribution in [1.29, 1.82) is 0 Å². The molecular weight excluding hydrogens is 560 g/mol. The van der Waals surface area contributed by atoms with Gasteiger partial charge in [0.15, 0.2) is 0 Å². The fourth-order valence-electron chi connectivity index (χ4n) is 2.11. The van der Waals surface area contributed by atoms with E-state index in [9.17, 15) is 14.7 Å². The molecule has 26 heavy (non-hydrogen) atoms. The summed E-state index contributed by atoms with van der Waals surface area (Å²) in [6.45, 7) is 3.89. The molecule has 2 aromatic carbocycles. The first kappa shape index (κ1) is 20.7. The lowest BCUT2D eigenvalue weighted by Gasteiger charge is -2.14. The van der Waals surface area contributed by atoms with Crippen molar-refractivity contribution in [2.45, 2.75) is 20.0 Å². The molecule has 7 heteroatoms. The van der Waals surface area contributed by atoms with E-state index in [4.69, 9.17) is 4.74 Å². The van der Waals surface area contributed by atoms with Gasteiger partial charge in [0.25, 0.3) is 5.91 Å². The molecule has 0 heterocycles. The first-order chi connectivity index (χ1) is 12.3. The van der Waals surface area contributed by atoms with Gasteiger partial charge in [-0.3, -0.25) is 4.79 Å². The number of aliphatic carboxylic acids is 1. The zero-order chi connectivity index (χ0) is 19.3. The Morgan fingerprint density at radius 2 is 1.69 bits per heavy atom. The van der Waals surface area contributed by atoms with Crippen LogP contribution < -0.4 is 10.1 Å². The third-order valence-corrected chi connectivity index (χ3v) is 4.80. The number of benzene rings is 2. The van der Waals surface area contributed by atoms with Gasteiger partial charge in [-0.05, 0) is 94.9 Å². The van der Waals surface area contributed by atoms with Crippen LogP contribution in [0.1, 0.15) is 29.8 Å². The predicted molar refractivity (Wildman–Crippen MR) is 117 cm³/mol. The van der Waals surface area contributed by atoms with Crippen molar-refractivity contribution in [2.24, 2.45) is 0 Å². The van der Waals surface area contributed by atoms with Crippen LogP contribution in [-0.2, 0) is 4.79 Å². The van der Waals surface area contributed by atoms with Crippen LogP contribution in [0.2, 0.25) is 0 Å². The van der Waals surface area contributed by atoms with E-state index in [0.29, 0.717) is 11.1 Å². The van der Waals surface area contributed by atoms with Crippen LogP contribution in [0.3, 0.4) is 0 Å². The number of halogens is 2. The van der Waals surface area contributed by atoms with Gasteiger partial charge >= 0.3 is 5.97 Å². The summed E-state index contributed by atoms with van der Waals surface area (Å²) in [5.74, 6) is -0.909. The lowest BCUT2D eigenvalue weighted by atomic mass is 10.1. The molecule has 0 saturated carbocycles. The fourth-order valence-corrected chi connectivity index (χ4v) is 4.18. The summed E-state index contributed by atoms with van der Waals surface area (Å²) in [6, 6.07) is 12.1. The molecule has 0 atom stereocenters. The molecule has 0 fully saturated rings. The third-order valence-electron chi connectivity index (χ3n) is 3.20. The lowest BCUT2D eigenvalue weighted by molar-refractivity contribution is -0.132. The SMILES string of the molecule is CC(C)Oc1c(I)cc(/C=C(/NC(=O)c2ccccc2)C(=O)O)cc1I. The molecule has 0 spiro atoms. The van der Waals surface area contributed by atoms with Gasteiger partial charge in [0.2, 0.25) is 0 Å². The van der Waals surface area contributed by atoms with Gasteiger partial charge in [-0.1, -0.05) is 18.2 Å². The number of hydrogen-bond acceptors (Lipinski definition) is 3. The first-order valence-electron chi connectivity index (χ1n) is 7.75. The monoisotopic (exact) mass is 577 g/mol. The smallest absolute Gasteiger partial charge is 0.352 e. The maximum atomic E-state index is 12.2. The van der Waals surface area contributed by atoms with E-state index < -0.39 is 11.9 Å². The highest BCUT2D eigenvalue weighted by molar-refractivity contribution is 14.1. The molecule has 0 aliphatic rings. The summed E-state index contributed by atoms with van der Waals surface area (Å²) >= 11 is 4.30. The summed E-state index contributed by atoms with van der Waals surface area (Å²) in [5, 5.41) is 11.9. The molecular formula is C19H17I2NO4. The quantitative estimate of drug-likeness (QED) is 0.391. The minimum Gasteiger partial charge on any atom is -0.489 e. The van der Waals surface area contributed by atoms with Gasteiger partial charge in [-0.2, -0.15) is 0 Å². The van der Waals surface area contributed by atoms with Crippen LogP contribution in [0.25, 0.3) is 6.08 Å². The van der Waals surface area contributed by atoms with Crippen LogP contribution >= 0.6 is 45.2 Å². The molecule has 0 radical (unpaired) electrons. The molecule has 2 N–H and O–H groups in total. The lowest BCUT2D eigenvalue weighted by Crippen LogP contribution is -2.27. The Morgan fingerprint density at radius 1 is 1.12 bits per heavy atom. The zero-order valence-corrected chi connectivity index (χ0v) is 18.4. The van der Waals surface area contributed by atoms with Gasteiger partial charge in [0, 0.05) is 5.56 Å². The van der Waals surface area contributed by atoms with E-state index in [1.165, 1.54) is 6.08 Å². The Hall–Kier alpha value is -1.62. The topological polar surface area (TPSA) is 75.6 Å². The van der Waals surface area contributed by atoms with Gasteiger partial charge in [-0.15, -0.1) is 0 Å². The van der Waals surface area contributed by atoms with Crippen molar-refractivity contribution in [1.82, 2.24) is 5.32 Å². The summed E-state index contributed by atoms with van der Waals surface area (Å²) < 4.78 is 7.52. The largest absolute Gasteiger partial charge is 0.489 e. The molecule has 0 bridgehead atoms. The van der Waals surface area contributed by atoms with E-state index in [2.05, 4.69) is 50.5 Å². The van der Waals surface area contributed by atoms with Crippen LogP contribution in [0.15, 0.2) is 48.2 Å². The van der Waals surface area contributed by atoms with Crippen molar-refractivity contribution in [2.75, 3.05) is 0 Å². The molecule has 0 aromatic heterocycles. The van der Waals surface area contributed by atoms with Gasteiger partial charge in [0.05, 0.1) is 13.2 Å². The normalized spacial score (nSPS) is 11.3. The van der Waals surface area contributed by atoms with Crippen LogP contribution in [0.4, 0.5) is 0 Å². The fraction of sp³-hybridized carbons (Fsp3) is 0.158. The Morgan fingerprint density at radius 3 is 2.19 bits per heavy atom. The van der Waals surface area contributed by atoms with E-state index in [0.717, 1.165) is 12.9 Å². The molecule has 0 aliphatic carbocycles. The first-order valence-corrected chi connectivity index (χ1v) is 9.90. The zero-order valence-electron chi connectivity index (χ0n) is 14.1. The number of amides is 1. The average molecular weight is 577 g/mol. The molecule has 136 valence electrons. The molecule has 0 aliphatic heterocycles. The number of carboxylic acid groups (broad SMARTS) is 1. The molecule has 5 nitrogen and oxygen atoms in total. The van der Waals surface area contributed by atoms with E-state index in [1.54, 1.807) is 30.3 Å². The summed E-state index contributed by atoms with van der Waals surface area (Å²) in [7, 11) is 0. The minimum absolute atomic E-state index is 0.0400. The molecule has 2 aromatic rings. The maximum absolute atomic E-state index is 12.2. The standard InChI is InChI=1S/C19H17I2NO4/c1-11(2)26-17-14(20)8-12(9-15(17)21)10-16(19(24)25)22-18(23)13-6-4-3-5-7-13/h3-11H,1-2H3,(H,22,23)(H,24,25)/b16-10+. The highest BCUT2D eigenvalue weighted by atomic mass is 127. The summed E-state index contributed by atoms with van der Waals surface area (Å²) in [6.07, 6.45) is 1.48. The molecule has 1 amide bonds. The number of carbonyl (C=O) groups is 2. The number of carbonyl (C=O) groups excluding carboxylic acids is 1. The Balaban J connectivity index is 2.31. The Bertz CT molecular complexity index is 825. The van der Waals surface area contributed by atoms with E-state index in [1.807, 2.05) is 26.0 Å². The number of nitrogens with one attached hydrogen (secondary N) is 1. The van der Waals surface area contributed by atoms with Crippen LogP contribution in [-0.4, -0.2) is 23.1 Å². The van der Waals surface area contributed by atoms with Crippen molar-refractivity contribution in [3.63, 3.8) is 0 Å². The second-order valence-corrected chi connectivity index (χ2v) is 7.99. The molecule has 2 rings (SSSR count). The molecule has 0 unspecified atom stereocenters. The third kappa shape index (κ3) is 5.70. The van der Waals surface area contributed by atoms with E-state index >= 15 is 0 Å². The second kappa shape index (κ2) is 9.36. The maximum Gasteiger partial charge on any atom is 0.352 e. The Kier molecular flexibility index (Phi) is 7.44. The minimum atomic E-state index is -1.21. The van der Waals surface area contributed by atoms with Crippen LogP contribution in [0.5, 0.6) is 5.75 Å². The Labute approximate surface area is 179 Å². The van der Waals surface area contributed by atoms with Crippen LogP contribution in [0, 0.1) is 7.14 Å². The second-order valence-electron chi connectivity index (χ2n) is 5.66. The van der Waals surface area contributed by atoms with Gasteiger partial charge in [0.1, 0.15) is 11.4 Å². The molecule has 0 saturated heterocycles. The highest BCUT2D eigenvalue weighted by Gasteiger charge is 2.15. The summed E-state index contributed by atoms with van der Waals surface area (Å²) in [5.41, 5.74) is 0.869. The van der Waals surface area contributed by atoms with Gasteiger partial charge in [-0.25, -0.2) is 4.79 Å². The highest BCUT2D eigenvalue weighted by Crippen LogP contribution is 2.30. The van der Waals surface area contributed by atoms with Crippen molar-refractivity contribution in [3.8, 4) is 5.75 Å². The van der Waals surface area contributed by atoms with Crippen molar-refractivity contribution >= 4 is 63.1 Å². The number of rotatable bonds is 6.